The van der Waals surface area contributed by atoms with E-state index in [4.69, 9.17) is 4.74 Å². The van der Waals surface area contributed by atoms with Crippen LogP contribution in [0.1, 0.15) is 26.2 Å². The van der Waals surface area contributed by atoms with Crippen molar-refractivity contribution in [1.82, 2.24) is 10.3 Å². The molecular formula is C10H18N3O. The van der Waals surface area contributed by atoms with Crippen LogP contribution in [0.15, 0.2) is 5.10 Å². The summed E-state index contributed by atoms with van der Waals surface area (Å²) < 4.78 is 5.59. The van der Waals surface area contributed by atoms with Crippen LogP contribution >= 0.6 is 0 Å². The van der Waals surface area contributed by atoms with Crippen molar-refractivity contribution in [3.05, 3.63) is 0 Å². The number of ether oxygens (including phenoxy) is 1. The highest BCUT2D eigenvalue weighted by molar-refractivity contribution is 5.79. The summed E-state index contributed by atoms with van der Waals surface area (Å²) in [5.41, 5.74) is 0. The molecule has 2 heterocycles. The Labute approximate surface area is 85.3 Å². The van der Waals surface area contributed by atoms with Gasteiger partial charge in [-0.1, -0.05) is 6.92 Å². The lowest BCUT2D eigenvalue weighted by Crippen LogP contribution is -2.27. The zero-order valence-corrected chi connectivity index (χ0v) is 8.78. The molecule has 0 aromatic heterocycles. The Bertz CT molecular complexity index is 211. The van der Waals surface area contributed by atoms with Crippen LogP contribution in [-0.4, -0.2) is 37.3 Å². The third kappa shape index (κ3) is 2.18. The van der Waals surface area contributed by atoms with Crippen molar-refractivity contribution in [1.29, 1.82) is 0 Å². The summed E-state index contributed by atoms with van der Waals surface area (Å²) in [4.78, 5) is 0. The second kappa shape index (κ2) is 4.64. The van der Waals surface area contributed by atoms with Crippen molar-refractivity contribution in [3.63, 3.8) is 0 Å². The van der Waals surface area contributed by atoms with Crippen LogP contribution in [0.2, 0.25) is 0 Å². The zero-order valence-electron chi connectivity index (χ0n) is 8.78. The number of rotatable bonds is 3. The van der Waals surface area contributed by atoms with Crippen LogP contribution in [0, 0.1) is 5.92 Å². The van der Waals surface area contributed by atoms with Crippen molar-refractivity contribution >= 4 is 5.90 Å². The van der Waals surface area contributed by atoms with Gasteiger partial charge in [0.15, 0.2) is 6.73 Å². The molecule has 0 saturated carbocycles. The van der Waals surface area contributed by atoms with E-state index in [1.54, 1.807) is 0 Å². The number of hydrogen-bond donors (Lipinski definition) is 0. The smallest absolute Gasteiger partial charge is 0.211 e. The number of hydrogen-bond acceptors (Lipinski definition) is 3. The van der Waals surface area contributed by atoms with Gasteiger partial charge >= 0.3 is 0 Å². The first-order chi connectivity index (χ1) is 6.90. The van der Waals surface area contributed by atoms with Crippen molar-refractivity contribution in [3.8, 4) is 0 Å². The first-order valence-electron chi connectivity index (χ1n) is 5.49. The molecule has 0 spiro atoms. The molecule has 4 nitrogen and oxygen atoms in total. The lowest BCUT2D eigenvalue weighted by molar-refractivity contribution is 0.163. The van der Waals surface area contributed by atoms with Crippen LogP contribution < -0.4 is 5.32 Å². The standard InChI is InChI=1S/C10H18N3O/c1-2-7-13-8-14-10(12-13)9-3-5-11-6-4-9/h9H,2-8H2,1H3. The van der Waals surface area contributed by atoms with Gasteiger partial charge in [-0.2, -0.15) is 0 Å². The fraction of sp³-hybridized carbons (Fsp3) is 0.900. The Kier molecular flexibility index (Phi) is 3.24. The van der Waals surface area contributed by atoms with E-state index in [0.717, 1.165) is 44.8 Å². The molecule has 0 N–H and O–H groups in total. The van der Waals surface area contributed by atoms with Crippen LogP contribution in [0.5, 0.6) is 0 Å². The maximum absolute atomic E-state index is 5.59. The minimum atomic E-state index is 0.523. The molecule has 0 unspecified atom stereocenters. The van der Waals surface area contributed by atoms with E-state index < -0.39 is 0 Å². The van der Waals surface area contributed by atoms with Crippen molar-refractivity contribution < 1.29 is 4.74 Å². The summed E-state index contributed by atoms with van der Waals surface area (Å²) in [5, 5.41) is 10.8. The average Bonchev–Trinajstić information content (AvgIpc) is 2.68. The lowest BCUT2D eigenvalue weighted by atomic mass is 9.98. The third-order valence-corrected chi connectivity index (χ3v) is 2.70. The zero-order chi connectivity index (χ0) is 9.80. The molecule has 0 aromatic carbocycles. The molecule has 0 bridgehead atoms. The normalized spacial score (nSPS) is 23.5. The molecule has 2 aliphatic heterocycles. The van der Waals surface area contributed by atoms with Gasteiger partial charge in [-0.05, 0) is 19.3 Å². The Hall–Kier alpha value is -0.770. The summed E-state index contributed by atoms with van der Waals surface area (Å²) >= 11 is 0. The maximum Gasteiger partial charge on any atom is 0.211 e. The second-order valence-electron chi connectivity index (χ2n) is 3.89. The molecule has 14 heavy (non-hydrogen) atoms. The Morgan fingerprint density at radius 2 is 2.21 bits per heavy atom. The number of hydrazone groups is 1. The molecule has 0 amide bonds. The average molecular weight is 196 g/mol. The fourth-order valence-electron chi connectivity index (χ4n) is 1.91. The fourth-order valence-corrected chi connectivity index (χ4v) is 1.91. The largest absolute Gasteiger partial charge is 0.457 e. The van der Waals surface area contributed by atoms with Gasteiger partial charge in [0, 0.05) is 25.6 Å². The highest BCUT2D eigenvalue weighted by Gasteiger charge is 2.25. The van der Waals surface area contributed by atoms with Gasteiger partial charge < -0.3 is 4.74 Å². The van der Waals surface area contributed by atoms with Gasteiger partial charge in [-0.15, -0.1) is 5.10 Å². The molecule has 0 aromatic rings. The van der Waals surface area contributed by atoms with Crippen LogP contribution in [0.3, 0.4) is 0 Å². The highest BCUT2D eigenvalue weighted by Crippen LogP contribution is 2.19. The van der Waals surface area contributed by atoms with Gasteiger partial charge in [-0.25, -0.2) is 5.32 Å². The number of piperidine rings is 1. The summed E-state index contributed by atoms with van der Waals surface area (Å²) in [5.74, 6) is 1.47. The van der Waals surface area contributed by atoms with Crippen LogP contribution in [0.4, 0.5) is 0 Å². The monoisotopic (exact) mass is 196 g/mol. The Morgan fingerprint density at radius 1 is 1.43 bits per heavy atom. The Balaban J connectivity index is 1.87. The highest BCUT2D eigenvalue weighted by atomic mass is 16.5. The van der Waals surface area contributed by atoms with Crippen molar-refractivity contribution in [2.45, 2.75) is 26.2 Å². The molecule has 0 aliphatic carbocycles. The van der Waals surface area contributed by atoms with E-state index in [2.05, 4.69) is 17.3 Å². The quantitative estimate of drug-likeness (QED) is 0.676. The molecule has 2 aliphatic rings. The predicted molar refractivity (Wildman–Crippen MR) is 55.0 cm³/mol. The maximum atomic E-state index is 5.59. The van der Waals surface area contributed by atoms with Gasteiger partial charge in [0.05, 0.1) is 0 Å². The molecule has 79 valence electrons. The third-order valence-electron chi connectivity index (χ3n) is 2.70. The van der Waals surface area contributed by atoms with Gasteiger partial charge in [0.25, 0.3) is 0 Å². The van der Waals surface area contributed by atoms with E-state index in [-0.39, 0.29) is 0 Å². The molecule has 4 heteroatoms. The summed E-state index contributed by atoms with van der Waals surface area (Å²) in [6.45, 7) is 5.76. The summed E-state index contributed by atoms with van der Waals surface area (Å²) in [6.07, 6.45) is 3.34. The van der Waals surface area contributed by atoms with Gasteiger partial charge in [0.2, 0.25) is 5.90 Å². The molecule has 1 saturated heterocycles. The van der Waals surface area contributed by atoms with E-state index >= 15 is 0 Å². The minimum Gasteiger partial charge on any atom is -0.457 e. The minimum absolute atomic E-state index is 0.523. The lowest BCUT2D eigenvalue weighted by Gasteiger charge is -2.19. The first kappa shape index (κ1) is 9.77. The summed E-state index contributed by atoms with van der Waals surface area (Å²) in [7, 11) is 0. The van der Waals surface area contributed by atoms with E-state index in [9.17, 15) is 0 Å². The SMILES string of the molecule is CCCN1COC(C2CC[N]CC2)=N1. The predicted octanol–water partition coefficient (Wildman–Crippen LogP) is 1.01. The van der Waals surface area contributed by atoms with Crippen LogP contribution in [0.25, 0.3) is 0 Å². The molecule has 2 rings (SSSR count). The second-order valence-corrected chi connectivity index (χ2v) is 3.89. The van der Waals surface area contributed by atoms with E-state index in [0.29, 0.717) is 12.6 Å². The molecule has 1 radical (unpaired) electrons. The Morgan fingerprint density at radius 3 is 2.93 bits per heavy atom. The molecular weight excluding hydrogens is 178 g/mol. The summed E-state index contributed by atoms with van der Waals surface area (Å²) in [6, 6.07) is 0. The topological polar surface area (TPSA) is 38.9 Å². The first-order valence-corrected chi connectivity index (χ1v) is 5.49. The van der Waals surface area contributed by atoms with Crippen molar-refractivity contribution in [2.75, 3.05) is 26.4 Å². The van der Waals surface area contributed by atoms with Gasteiger partial charge in [0.1, 0.15) is 0 Å². The molecule has 0 atom stereocenters. The molecule has 1 fully saturated rings. The number of nitrogens with zero attached hydrogens (tertiary/aromatic N) is 3. The van der Waals surface area contributed by atoms with Crippen molar-refractivity contribution in [2.24, 2.45) is 11.0 Å². The van der Waals surface area contributed by atoms with E-state index in [1.807, 2.05) is 5.01 Å². The van der Waals surface area contributed by atoms with E-state index in [1.165, 1.54) is 0 Å². The van der Waals surface area contributed by atoms with Crippen LogP contribution in [-0.2, 0) is 4.74 Å². The van der Waals surface area contributed by atoms with Gasteiger partial charge in [-0.3, -0.25) is 5.01 Å².